The van der Waals surface area contributed by atoms with E-state index >= 15 is 0 Å². The summed E-state index contributed by atoms with van der Waals surface area (Å²) >= 11 is 1.85. The number of hydrogen-bond donors (Lipinski definition) is 0. The Morgan fingerprint density at radius 2 is 1.02 bits per heavy atom. The molecule has 10 aromatic carbocycles. The summed E-state index contributed by atoms with van der Waals surface area (Å²) in [5.74, 6) is 0. The van der Waals surface area contributed by atoms with Crippen LogP contribution in [0.5, 0.6) is 0 Å². The molecule has 0 fully saturated rings. The number of anilines is 3. The van der Waals surface area contributed by atoms with Crippen molar-refractivity contribution in [1.29, 1.82) is 0 Å². The lowest BCUT2D eigenvalue weighted by Gasteiger charge is -2.29. The average Bonchev–Trinajstić information content (AvgIpc) is 4.01. The molecule has 290 valence electrons. The molecule has 3 nitrogen and oxygen atoms in total. The van der Waals surface area contributed by atoms with Crippen molar-refractivity contribution in [2.45, 2.75) is 0 Å². The topological polar surface area (TPSA) is 21.3 Å². The SMILES string of the molecule is c1cc(-c2ccc3sc4ccccc4c3c2)cc(N(c2ccc3c(oc4ccccc43)c2-c2ccc(-n3c4ccccc4c4ccccc43)cc2)c2cccc3ccccc23)c1. The number of nitrogens with zero attached hydrogens (tertiary/aromatic N) is 2. The molecule has 0 saturated heterocycles. The molecule has 0 aliphatic rings. The highest BCUT2D eigenvalue weighted by molar-refractivity contribution is 7.25. The molecule has 0 bridgehead atoms. The molecule has 3 aromatic heterocycles. The smallest absolute Gasteiger partial charge is 0.145 e. The lowest BCUT2D eigenvalue weighted by Crippen LogP contribution is -2.12. The minimum atomic E-state index is 0.865. The van der Waals surface area contributed by atoms with Crippen LogP contribution in [0.1, 0.15) is 0 Å². The maximum atomic E-state index is 6.94. The zero-order chi connectivity index (χ0) is 40.7. The van der Waals surface area contributed by atoms with E-state index in [-0.39, 0.29) is 0 Å². The predicted octanol–water partition coefficient (Wildman–Crippen LogP) is 17.0. The molecule has 0 aliphatic heterocycles. The Hall–Kier alpha value is -7.92. The maximum absolute atomic E-state index is 6.94. The monoisotopic (exact) mass is 808 g/mol. The summed E-state index contributed by atoms with van der Waals surface area (Å²) < 4.78 is 11.9. The second-order valence-corrected chi connectivity index (χ2v) is 17.1. The van der Waals surface area contributed by atoms with Gasteiger partial charge in [-0.25, -0.2) is 0 Å². The van der Waals surface area contributed by atoms with Crippen molar-refractivity contribution < 1.29 is 4.42 Å². The molecule has 0 atom stereocenters. The lowest BCUT2D eigenvalue weighted by molar-refractivity contribution is 0.670. The van der Waals surface area contributed by atoms with Crippen molar-refractivity contribution in [2.75, 3.05) is 4.90 Å². The summed E-state index contributed by atoms with van der Waals surface area (Å²) in [6.45, 7) is 0. The van der Waals surface area contributed by atoms with E-state index in [0.717, 1.165) is 61.4 Å². The average molecular weight is 809 g/mol. The van der Waals surface area contributed by atoms with Crippen molar-refractivity contribution >= 4 is 103 Å². The van der Waals surface area contributed by atoms with Crippen LogP contribution in [-0.2, 0) is 0 Å². The molecular formula is C58H36N2OS. The highest BCUT2D eigenvalue weighted by Crippen LogP contribution is 2.49. The van der Waals surface area contributed by atoms with Crippen molar-refractivity contribution in [1.82, 2.24) is 4.57 Å². The third kappa shape index (κ3) is 5.37. The van der Waals surface area contributed by atoms with E-state index in [1.165, 1.54) is 58.3 Å². The lowest BCUT2D eigenvalue weighted by atomic mass is 9.97. The van der Waals surface area contributed by atoms with Crippen LogP contribution in [0, 0.1) is 0 Å². The third-order valence-corrected chi connectivity index (χ3v) is 13.7. The van der Waals surface area contributed by atoms with Crippen LogP contribution in [-0.4, -0.2) is 4.57 Å². The van der Waals surface area contributed by atoms with Gasteiger partial charge in [-0.3, -0.25) is 0 Å². The van der Waals surface area contributed by atoms with Crippen molar-refractivity contribution in [3.63, 3.8) is 0 Å². The number of para-hydroxylation sites is 3. The van der Waals surface area contributed by atoms with Gasteiger partial charge in [0.2, 0.25) is 0 Å². The molecule has 0 aliphatic carbocycles. The summed E-state index contributed by atoms with van der Waals surface area (Å²) in [5.41, 5.74) is 12.9. The number of hydrogen-bond acceptors (Lipinski definition) is 3. The first kappa shape index (κ1) is 34.9. The second kappa shape index (κ2) is 13.8. The van der Waals surface area contributed by atoms with Crippen molar-refractivity contribution in [3.05, 3.63) is 218 Å². The molecule has 3 heterocycles. The van der Waals surface area contributed by atoms with Gasteiger partial charge >= 0.3 is 0 Å². The van der Waals surface area contributed by atoms with E-state index in [2.05, 4.69) is 228 Å². The summed E-state index contributed by atoms with van der Waals surface area (Å²) in [7, 11) is 0. The first-order chi connectivity index (χ1) is 30.7. The fraction of sp³-hybridized carbons (Fsp3) is 0. The molecule has 0 unspecified atom stereocenters. The third-order valence-electron chi connectivity index (χ3n) is 12.6. The van der Waals surface area contributed by atoms with Crippen LogP contribution < -0.4 is 4.90 Å². The number of aromatic nitrogens is 1. The molecular weight excluding hydrogens is 773 g/mol. The van der Waals surface area contributed by atoms with Crippen LogP contribution in [0.15, 0.2) is 223 Å². The minimum Gasteiger partial charge on any atom is -0.455 e. The number of benzene rings is 10. The van der Waals surface area contributed by atoms with Gasteiger partial charge in [0, 0.05) is 64.0 Å². The molecule has 0 N–H and O–H groups in total. The highest BCUT2D eigenvalue weighted by Gasteiger charge is 2.25. The van der Waals surface area contributed by atoms with Crippen LogP contribution in [0.3, 0.4) is 0 Å². The standard InChI is InChI=1S/C58H36N2OS/c1-2-17-43-37(13-1)14-12-24-50(43)60(42-16-11-15-39(35-42)40-29-34-56-49(36-40)47-21-6-10-26-55(47)62-56)53-33-32-48-46-20-5-9-25-54(46)61-58(48)57(53)38-27-30-41(31-28-38)59-51-22-7-3-18-44(51)45-19-4-8-23-52(45)59/h1-36H. The Kier molecular flexibility index (Phi) is 7.78. The van der Waals surface area contributed by atoms with Gasteiger partial charge in [-0.2, -0.15) is 0 Å². The van der Waals surface area contributed by atoms with Gasteiger partial charge in [-0.1, -0.05) is 140 Å². The summed E-state index contributed by atoms with van der Waals surface area (Å²) in [4.78, 5) is 2.44. The van der Waals surface area contributed by atoms with Gasteiger partial charge in [0.25, 0.3) is 0 Å². The number of furan rings is 1. The molecule has 0 radical (unpaired) electrons. The van der Waals surface area contributed by atoms with Crippen LogP contribution in [0.25, 0.3) is 103 Å². The zero-order valence-corrected chi connectivity index (χ0v) is 34.3. The number of thiophene rings is 1. The van der Waals surface area contributed by atoms with Crippen LogP contribution in [0.4, 0.5) is 17.1 Å². The molecule has 13 aromatic rings. The van der Waals surface area contributed by atoms with E-state index in [1.807, 2.05) is 11.3 Å². The van der Waals surface area contributed by atoms with Crippen molar-refractivity contribution in [3.8, 4) is 27.9 Å². The Morgan fingerprint density at radius 1 is 0.387 bits per heavy atom. The second-order valence-electron chi connectivity index (χ2n) is 16.0. The Bertz CT molecular complexity index is 3830. The fourth-order valence-electron chi connectivity index (χ4n) is 9.76. The number of fused-ring (bicyclic) bond motifs is 10. The molecule has 4 heteroatoms. The first-order valence-corrected chi connectivity index (χ1v) is 21.9. The van der Waals surface area contributed by atoms with E-state index in [1.54, 1.807) is 0 Å². The van der Waals surface area contributed by atoms with Gasteiger partial charge in [0.05, 0.1) is 22.4 Å². The Morgan fingerprint density at radius 3 is 1.84 bits per heavy atom. The Labute approximate surface area is 361 Å². The minimum absolute atomic E-state index is 0.865. The van der Waals surface area contributed by atoms with E-state index in [9.17, 15) is 0 Å². The quantitative estimate of drug-likeness (QED) is 0.167. The zero-order valence-electron chi connectivity index (χ0n) is 33.5. The maximum Gasteiger partial charge on any atom is 0.145 e. The highest BCUT2D eigenvalue weighted by atomic mass is 32.1. The van der Waals surface area contributed by atoms with Gasteiger partial charge in [0.15, 0.2) is 0 Å². The molecule has 0 spiro atoms. The Balaban J connectivity index is 1.05. The number of rotatable bonds is 6. The first-order valence-electron chi connectivity index (χ1n) is 21.1. The normalized spacial score (nSPS) is 11.9. The van der Waals surface area contributed by atoms with Gasteiger partial charge in [0.1, 0.15) is 11.2 Å². The van der Waals surface area contributed by atoms with Gasteiger partial charge in [-0.15, -0.1) is 11.3 Å². The largest absolute Gasteiger partial charge is 0.455 e. The van der Waals surface area contributed by atoms with E-state index < -0.39 is 0 Å². The molecule has 0 saturated carbocycles. The molecule has 0 amide bonds. The summed E-state index contributed by atoms with van der Waals surface area (Å²) in [5, 5.41) is 9.64. The van der Waals surface area contributed by atoms with Crippen LogP contribution >= 0.6 is 11.3 Å². The molecule has 62 heavy (non-hydrogen) atoms. The van der Waals surface area contributed by atoms with Gasteiger partial charge < -0.3 is 13.9 Å². The van der Waals surface area contributed by atoms with Crippen molar-refractivity contribution in [2.24, 2.45) is 0 Å². The van der Waals surface area contributed by atoms with Crippen LogP contribution in [0.2, 0.25) is 0 Å². The molecule has 13 rings (SSSR count). The predicted molar refractivity (Wildman–Crippen MR) is 264 cm³/mol. The van der Waals surface area contributed by atoms with E-state index in [0.29, 0.717) is 0 Å². The fourth-order valence-corrected chi connectivity index (χ4v) is 10.8. The van der Waals surface area contributed by atoms with Gasteiger partial charge in [-0.05, 0) is 101 Å². The summed E-state index contributed by atoms with van der Waals surface area (Å²) in [6, 6.07) is 79.3. The van der Waals surface area contributed by atoms with E-state index in [4.69, 9.17) is 4.42 Å². The summed E-state index contributed by atoms with van der Waals surface area (Å²) in [6.07, 6.45) is 0.